The number of rotatable bonds is 1. The summed E-state index contributed by atoms with van der Waals surface area (Å²) in [5.41, 5.74) is 2.48. The van der Waals surface area contributed by atoms with Crippen molar-refractivity contribution in [3.8, 4) is 11.5 Å². The van der Waals surface area contributed by atoms with E-state index >= 15 is 0 Å². The van der Waals surface area contributed by atoms with Gasteiger partial charge in [-0.05, 0) is 18.2 Å². The van der Waals surface area contributed by atoms with Crippen molar-refractivity contribution in [1.29, 1.82) is 0 Å². The Kier molecular flexibility index (Phi) is 5.60. The third-order valence-electron chi connectivity index (χ3n) is 2.68. The first-order chi connectivity index (χ1) is 9.81. The number of nitrogens with two attached hydrogens (primary N) is 1. The van der Waals surface area contributed by atoms with Gasteiger partial charge in [-0.2, -0.15) is 0 Å². The number of benzene rings is 1. The molecule has 0 saturated heterocycles. The van der Waals surface area contributed by atoms with Crippen LogP contribution >= 0.6 is 0 Å². The number of hydrogen-bond donors (Lipinski definition) is 2. The molecule has 3 N–H and O–H groups in total. The second kappa shape index (κ2) is 7.68. The van der Waals surface area contributed by atoms with E-state index in [9.17, 15) is 4.79 Å². The summed E-state index contributed by atoms with van der Waals surface area (Å²) < 4.78 is 21.8. The number of hydrazine groups is 1. The van der Waals surface area contributed by atoms with E-state index in [4.69, 9.17) is 24.8 Å². The van der Waals surface area contributed by atoms with E-state index in [1.54, 1.807) is 18.2 Å². The quantitative estimate of drug-likeness (QED) is 0.431. The van der Waals surface area contributed by atoms with Crippen molar-refractivity contribution in [2.24, 2.45) is 5.84 Å². The molecular formula is C13H18N2O5. The number of nitrogens with one attached hydrogen (secondary N) is 1. The fraction of sp³-hybridized carbons (Fsp3) is 0.462. The molecule has 0 fully saturated rings. The van der Waals surface area contributed by atoms with Crippen LogP contribution < -0.4 is 20.7 Å². The molecule has 2 rings (SSSR count). The normalized spacial score (nSPS) is 16.6. The summed E-state index contributed by atoms with van der Waals surface area (Å²) in [6, 6.07) is 4.88. The number of ether oxygens (including phenoxy) is 4. The van der Waals surface area contributed by atoms with Crippen molar-refractivity contribution < 1.29 is 23.7 Å². The number of amides is 1. The van der Waals surface area contributed by atoms with Crippen molar-refractivity contribution in [2.75, 3.05) is 39.6 Å². The predicted octanol–water partition coefficient (Wildman–Crippen LogP) is 0.0945. The maximum absolute atomic E-state index is 11.5. The van der Waals surface area contributed by atoms with Crippen LogP contribution in [0.1, 0.15) is 10.4 Å². The van der Waals surface area contributed by atoms with Gasteiger partial charge in [0.05, 0.1) is 26.4 Å². The second-order valence-corrected chi connectivity index (χ2v) is 4.06. The first kappa shape index (κ1) is 14.6. The Morgan fingerprint density at radius 2 is 1.55 bits per heavy atom. The number of fused-ring (bicyclic) bond motifs is 1. The highest BCUT2D eigenvalue weighted by atomic mass is 16.6. The lowest BCUT2D eigenvalue weighted by Crippen LogP contribution is -2.30. The molecular weight excluding hydrogens is 264 g/mol. The molecule has 1 aliphatic heterocycles. The topological polar surface area (TPSA) is 92.0 Å². The fourth-order valence-corrected chi connectivity index (χ4v) is 1.71. The maximum Gasteiger partial charge on any atom is 0.265 e. The second-order valence-electron chi connectivity index (χ2n) is 4.06. The minimum absolute atomic E-state index is 0.365. The van der Waals surface area contributed by atoms with Gasteiger partial charge in [0.25, 0.3) is 5.91 Å². The van der Waals surface area contributed by atoms with E-state index < -0.39 is 0 Å². The Labute approximate surface area is 116 Å². The third-order valence-corrected chi connectivity index (χ3v) is 2.68. The van der Waals surface area contributed by atoms with Crippen molar-refractivity contribution in [2.45, 2.75) is 0 Å². The van der Waals surface area contributed by atoms with Gasteiger partial charge in [-0.15, -0.1) is 0 Å². The SMILES string of the molecule is NNC(=O)c1ccc2c(c1)OCCOCCOCCO2. The lowest BCUT2D eigenvalue weighted by molar-refractivity contribution is 0.0223. The highest BCUT2D eigenvalue weighted by molar-refractivity contribution is 5.94. The van der Waals surface area contributed by atoms with Gasteiger partial charge >= 0.3 is 0 Å². The summed E-state index contributed by atoms with van der Waals surface area (Å²) in [6.45, 7) is 2.73. The lowest BCUT2D eigenvalue weighted by atomic mass is 10.2. The van der Waals surface area contributed by atoms with E-state index in [1.165, 1.54) is 0 Å². The molecule has 0 saturated carbocycles. The molecule has 1 aromatic rings. The monoisotopic (exact) mass is 282 g/mol. The summed E-state index contributed by atoms with van der Waals surface area (Å²) in [6.07, 6.45) is 0. The Morgan fingerprint density at radius 3 is 2.20 bits per heavy atom. The van der Waals surface area contributed by atoms with Gasteiger partial charge in [-0.25, -0.2) is 5.84 Å². The van der Waals surface area contributed by atoms with Crippen LogP contribution in [0.3, 0.4) is 0 Å². The molecule has 0 aliphatic carbocycles. The van der Waals surface area contributed by atoms with E-state index in [0.29, 0.717) is 56.7 Å². The maximum atomic E-state index is 11.5. The molecule has 7 nitrogen and oxygen atoms in total. The summed E-state index contributed by atoms with van der Waals surface area (Å²) in [7, 11) is 0. The molecule has 7 heteroatoms. The van der Waals surface area contributed by atoms with Gasteiger partial charge in [0.15, 0.2) is 11.5 Å². The van der Waals surface area contributed by atoms with Crippen LogP contribution in [0.5, 0.6) is 11.5 Å². The first-order valence-corrected chi connectivity index (χ1v) is 6.37. The zero-order valence-electron chi connectivity index (χ0n) is 11.1. The highest BCUT2D eigenvalue weighted by Crippen LogP contribution is 2.28. The minimum Gasteiger partial charge on any atom is -0.487 e. The van der Waals surface area contributed by atoms with Crippen molar-refractivity contribution in [3.63, 3.8) is 0 Å². The minimum atomic E-state index is -0.387. The van der Waals surface area contributed by atoms with Crippen molar-refractivity contribution in [1.82, 2.24) is 5.43 Å². The number of carbonyl (C=O) groups is 1. The van der Waals surface area contributed by atoms with Gasteiger partial charge in [0, 0.05) is 5.56 Å². The molecule has 1 aliphatic rings. The van der Waals surface area contributed by atoms with Gasteiger partial charge < -0.3 is 18.9 Å². The van der Waals surface area contributed by atoms with Crippen LogP contribution in [0, 0.1) is 0 Å². The summed E-state index contributed by atoms with van der Waals surface area (Å²) in [5.74, 6) is 5.76. The molecule has 1 heterocycles. The van der Waals surface area contributed by atoms with Crippen LogP contribution in [0.15, 0.2) is 18.2 Å². The first-order valence-electron chi connectivity index (χ1n) is 6.37. The van der Waals surface area contributed by atoms with E-state index in [0.717, 1.165) is 0 Å². The molecule has 0 spiro atoms. The average Bonchev–Trinajstić information content (AvgIpc) is 2.47. The largest absolute Gasteiger partial charge is 0.487 e. The van der Waals surface area contributed by atoms with Crippen molar-refractivity contribution >= 4 is 5.91 Å². The average molecular weight is 282 g/mol. The van der Waals surface area contributed by atoms with Gasteiger partial charge in [0.2, 0.25) is 0 Å². The fourth-order valence-electron chi connectivity index (χ4n) is 1.71. The molecule has 1 aromatic carbocycles. The molecule has 0 unspecified atom stereocenters. The molecule has 0 atom stereocenters. The predicted molar refractivity (Wildman–Crippen MR) is 70.7 cm³/mol. The molecule has 110 valence electrons. The Hall–Kier alpha value is -1.83. The zero-order valence-corrected chi connectivity index (χ0v) is 11.1. The number of nitrogen functional groups attached to an aromatic ring is 1. The number of hydrogen-bond acceptors (Lipinski definition) is 6. The van der Waals surface area contributed by atoms with Crippen LogP contribution in [0.25, 0.3) is 0 Å². The molecule has 20 heavy (non-hydrogen) atoms. The van der Waals surface area contributed by atoms with E-state index in [-0.39, 0.29) is 5.91 Å². The standard InChI is InChI=1S/C13H18N2O5/c14-15-13(16)10-1-2-11-12(9-10)20-8-6-18-4-3-17-5-7-19-11/h1-2,9H,3-8,14H2,(H,15,16). The molecule has 1 amide bonds. The summed E-state index contributed by atoms with van der Waals surface area (Å²) in [5, 5.41) is 0. The third kappa shape index (κ3) is 4.09. The number of carbonyl (C=O) groups excluding carboxylic acids is 1. The van der Waals surface area contributed by atoms with Gasteiger partial charge in [-0.3, -0.25) is 10.2 Å². The molecule has 0 bridgehead atoms. The Bertz CT molecular complexity index is 452. The Balaban J connectivity index is 2.13. The highest BCUT2D eigenvalue weighted by Gasteiger charge is 2.11. The lowest BCUT2D eigenvalue weighted by Gasteiger charge is -2.15. The van der Waals surface area contributed by atoms with Gasteiger partial charge in [0.1, 0.15) is 13.2 Å². The zero-order chi connectivity index (χ0) is 14.2. The smallest absolute Gasteiger partial charge is 0.265 e. The van der Waals surface area contributed by atoms with Crippen LogP contribution in [-0.4, -0.2) is 45.5 Å². The van der Waals surface area contributed by atoms with Crippen LogP contribution in [-0.2, 0) is 9.47 Å². The molecule has 0 aromatic heterocycles. The van der Waals surface area contributed by atoms with Crippen molar-refractivity contribution in [3.05, 3.63) is 23.8 Å². The van der Waals surface area contributed by atoms with Crippen LogP contribution in [0.4, 0.5) is 0 Å². The van der Waals surface area contributed by atoms with E-state index in [1.807, 2.05) is 0 Å². The van der Waals surface area contributed by atoms with E-state index in [2.05, 4.69) is 5.43 Å². The Morgan fingerprint density at radius 1 is 0.950 bits per heavy atom. The van der Waals surface area contributed by atoms with Gasteiger partial charge in [-0.1, -0.05) is 0 Å². The summed E-state index contributed by atoms with van der Waals surface area (Å²) in [4.78, 5) is 11.5. The molecule has 0 radical (unpaired) electrons. The van der Waals surface area contributed by atoms with Crippen LogP contribution in [0.2, 0.25) is 0 Å². The summed E-state index contributed by atoms with van der Waals surface area (Å²) >= 11 is 0.